The number of rotatable bonds is 8. The Labute approximate surface area is 145 Å². The van der Waals surface area contributed by atoms with E-state index in [0.717, 1.165) is 17.9 Å². The highest BCUT2D eigenvalue weighted by atomic mass is 32.1. The van der Waals surface area contributed by atoms with Crippen molar-refractivity contribution in [2.75, 3.05) is 6.54 Å². The largest absolute Gasteiger partial charge is 0.468 e. The number of benzene rings is 1. The van der Waals surface area contributed by atoms with Crippen LogP contribution in [0.2, 0.25) is 0 Å². The van der Waals surface area contributed by atoms with Crippen LogP contribution < -0.4 is 5.32 Å². The van der Waals surface area contributed by atoms with Gasteiger partial charge in [-0.25, -0.2) is 0 Å². The first-order chi connectivity index (χ1) is 11.8. The molecule has 0 fully saturated rings. The van der Waals surface area contributed by atoms with Gasteiger partial charge >= 0.3 is 0 Å². The number of carbonyl (C=O) groups excluding carboxylic acids is 1. The Hall–Kier alpha value is -2.37. The fourth-order valence-electron chi connectivity index (χ4n) is 2.47. The minimum Gasteiger partial charge on any atom is -0.468 e. The first-order valence-electron chi connectivity index (χ1n) is 7.87. The third-order valence-corrected chi connectivity index (χ3v) is 4.48. The Morgan fingerprint density at radius 1 is 1.04 bits per heavy atom. The number of hydrogen-bond acceptors (Lipinski definition) is 4. The second-order valence-corrected chi connectivity index (χ2v) is 6.60. The van der Waals surface area contributed by atoms with E-state index in [9.17, 15) is 4.79 Å². The molecule has 3 aromatic rings. The summed E-state index contributed by atoms with van der Waals surface area (Å²) in [5.74, 6) is 0.879. The van der Waals surface area contributed by atoms with E-state index in [1.807, 2.05) is 48.5 Å². The van der Waals surface area contributed by atoms with Crippen LogP contribution in [0.25, 0.3) is 0 Å². The van der Waals surface area contributed by atoms with Crippen LogP contribution in [0.4, 0.5) is 0 Å². The third-order valence-electron chi connectivity index (χ3n) is 3.62. The predicted octanol–water partition coefficient (Wildman–Crippen LogP) is 3.66. The maximum Gasteiger partial charge on any atom is 0.234 e. The predicted molar refractivity (Wildman–Crippen MR) is 95.4 cm³/mol. The lowest BCUT2D eigenvalue weighted by atomic mass is 10.2. The molecular formula is C19H20N2O2S. The van der Waals surface area contributed by atoms with Crippen molar-refractivity contribution in [1.29, 1.82) is 0 Å². The summed E-state index contributed by atoms with van der Waals surface area (Å²) >= 11 is 1.70. The number of thiophene rings is 1. The minimum atomic E-state index is 0.0157. The van der Waals surface area contributed by atoms with E-state index >= 15 is 0 Å². The van der Waals surface area contributed by atoms with E-state index in [1.165, 1.54) is 4.88 Å². The molecule has 3 rings (SSSR count). The van der Waals surface area contributed by atoms with Crippen LogP contribution in [0.5, 0.6) is 0 Å². The Bertz CT molecular complexity index is 688. The van der Waals surface area contributed by atoms with Crippen LogP contribution in [0.1, 0.15) is 16.2 Å². The fourth-order valence-corrected chi connectivity index (χ4v) is 3.22. The topological polar surface area (TPSA) is 45.5 Å². The van der Waals surface area contributed by atoms with Crippen LogP contribution in [-0.2, 0) is 24.4 Å². The summed E-state index contributed by atoms with van der Waals surface area (Å²) in [6.45, 7) is 2.24. The lowest BCUT2D eigenvalue weighted by molar-refractivity contribution is -0.122. The molecule has 0 aliphatic rings. The molecule has 0 saturated carbocycles. The van der Waals surface area contributed by atoms with E-state index in [2.05, 4.69) is 21.7 Å². The van der Waals surface area contributed by atoms with Crippen molar-refractivity contribution < 1.29 is 9.21 Å². The average molecular weight is 340 g/mol. The SMILES string of the molecule is O=C(CN(Cc1ccco1)Cc1cccs1)NCc1ccccc1. The van der Waals surface area contributed by atoms with Gasteiger partial charge in [0.05, 0.1) is 19.4 Å². The quantitative estimate of drug-likeness (QED) is 0.681. The fraction of sp³-hybridized carbons (Fsp3) is 0.211. The Kier molecular flexibility index (Phi) is 5.82. The molecular weight excluding hydrogens is 320 g/mol. The molecule has 2 aromatic heterocycles. The third kappa shape index (κ3) is 5.08. The zero-order chi connectivity index (χ0) is 16.6. The summed E-state index contributed by atoms with van der Waals surface area (Å²) in [5, 5.41) is 5.03. The van der Waals surface area contributed by atoms with Crippen molar-refractivity contribution in [3.63, 3.8) is 0 Å². The molecule has 0 radical (unpaired) electrons. The van der Waals surface area contributed by atoms with Crippen LogP contribution in [0, 0.1) is 0 Å². The number of hydrogen-bond donors (Lipinski definition) is 1. The molecule has 124 valence electrons. The van der Waals surface area contributed by atoms with Gasteiger partial charge < -0.3 is 9.73 Å². The molecule has 1 aromatic carbocycles. The number of furan rings is 1. The zero-order valence-corrected chi connectivity index (χ0v) is 14.2. The lowest BCUT2D eigenvalue weighted by Gasteiger charge is -2.20. The highest BCUT2D eigenvalue weighted by Crippen LogP contribution is 2.14. The van der Waals surface area contributed by atoms with E-state index in [0.29, 0.717) is 19.6 Å². The summed E-state index contributed by atoms with van der Waals surface area (Å²) < 4.78 is 5.42. The Balaban J connectivity index is 1.56. The smallest absolute Gasteiger partial charge is 0.234 e. The van der Waals surface area contributed by atoms with E-state index in [4.69, 9.17) is 4.42 Å². The van der Waals surface area contributed by atoms with E-state index < -0.39 is 0 Å². The Morgan fingerprint density at radius 2 is 1.92 bits per heavy atom. The summed E-state index contributed by atoms with van der Waals surface area (Å²) in [6, 6.07) is 17.8. The van der Waals surface area contributed by atoms with Crippen molar-refractivity contribution in [3.05, 3.63) is 82.4 Å². The molecule has 0 bridgehead atoms. The van der Waals surface area contributed by atoms with Gasteiger partial charge in [0.2, 0.25) is 5.91 Å². The molecule has 0 unspecified atom stereocenters. The lowest BCUT2D eigenvalue weighted by Crippen LogP contribution is -2.36. The van der Waals surface area contributed by atoms with Gasteiger partial charge in [0, 0.05) is 18.0 Å². The molecule has 0 saturated heterocycles. The van der Waals surface area contributed by atoms with Gasteiger partial charge in [-0.1, -0.05) is 36.4 Å². The van der Waals surface area contributed by atoms with Gasteiger partial charge in [-0.2, -0.15) is 0 Å². The van der Waals surface area contributed by atoms with Crippen LogP contribution >= 0.6 is 11.3 Å². The van der Waals surface area contributed by atoms with E-state index in [-0.39, 0.29) is 5.91 Å². The molecule has 1 amide bonds. The average Bonchev–Trinajstić information content (AvgIpc) is 3.28. The molecule has 24 heavy (non-hydrogen) atoms. The van der Waals surface area contributed by atoms with E-state index in [1.54, 1.807) is 17.6 Å². The maximum absolute atomic E-state index is 12.3. The summed E-state index contributed by atoms with van der Waals surface area (Å²) in [6.07, 6.45) is 1.66. The maximum atomic E-state index is 12.3. The van der Waals surface area contributed by atoms with Gasteiger partial charge in [0.15, 0.2) is 0 Å². The molecule has 0 spiro atoms. The second kappa shape index (κ2) is 8.47. The number of nitrogens with one attached hydrogen (secondary N) is 1. The first-order valence-corrected chi connectivity index (χ1v) is 8.75. The van der Waals surface area contributed by atoms with Crippen LogP contribution in [-0.4, -0.2) is 17.4 Å². The number of carbonyl (C=O) groups is 1. The molecule has 5 heteroatoms. The minimum absolute atomic E-state index is 0.0157. The zero-order valence-electron chi connectivity index (χ0n) is 13.4. The van der Waals surface area contributed by atoms with Crippen LogP contribution in [0.15, 0.2) is 70.7 Å². The normalized spacial score (nSPS) is 10.9. The van der Waals surface area contributed by atoms with Crippen molar-refractivity contribution in [3.8, 4) is 0 Å². The number of nitrogens with zero attached hydrogens (tertiary/aromatic N) is 1. The van der Waals surface area contributed by atoms with Crippen molar-refractivity contribution >= 4 is 17.2 Å². The van der Waals surface area contributed by atoms with Gasteiger partial charge in [0.1, 0.15) is 5.76 Å². The second-order valence-electron chi connectivity index (χ2n) is 5.57. The van der Waals surface area contributed by atoms with Crippen molar-refractivity contribution in [1.82, 2.24) is 10.2 Å². The van der Waals surface area contributed by atoms with Crippen LogP contribution in [0.3, 0.4) is 0 Å². The molecule has 0 aliphatic heterocycles. The first kappa shape index (κ1) is 16.5. The van der Waals surface area contributed by atoms with Gasteiger partial charge in [-0.3, -0.25) is 9.69 Å². The number of amides is 1. The monoisotopic (exact) mass is 340 g/mol. The van der Waals surface area contributed by atoms with Gasteiger partial charge in [0.25, 0.3) is 0 Å². The molecule has 4 nitrogen and oxygen atoms in total. The molecule has 2 heterocycles. The van der Waals surface area contributed by atoms with Gasteiger partial charge in [-0.05, 0) is 29.1 Å². The van der Waals surface area contributed by atoms with Gasteiger partial charge in [-0.15, -0.1) is 11.3 Å². The molecule has 0 atom stereocenters. The summed E-state index contributed by atoms with van der Waals surface area (Å²) in [4.78, 5) is 15.6. The molecule has 1 N–H and O–H groups in total. The highest BCUT2D eigenvalue weighted by Gasteiger charge is 2.14. The summed E-state index contributed by atoms with van der Waals surface area (Å²) in [5.41, 5.74) is 1.10. The molecule has 0 aliphatic carbocycles. The summed E-state index contributed by atoms with van der Waals surface area (Å²) in [7, 11) is 0. The Morgan fingerprint density at radius 3 is 2.62 bits per heavy atom. The highest BCUT2D eigenvalue weighted by molar-refractivity contribution is 7.09. The standard InChI is InChI=1S/C19H20N2O2S/c22-19(20-12-16-6-2-1-3-7-16)15-21(13-17-8-4-10-23-17)14-18-9-5-11-24-18/h1-11H,12-15H2,(H,20,22). The van der Waals surface area contributed by atoms with Crippen molar-refractivity contribution in [2.24, 2.45) is 0 Å². The van der Waals surface area contributed by atoms with Crippen molar-refractivity contribution in [2.45, 2.75) is 19.6 Å².